The van der Waals surface area contributed by atoms with E-state index in [0.29, 0.717) is 0 Å². The normalized spacial score (nSPS) is 16.5. The second-order valence-electron chi connectivity index (χ2n) is 9.92. The molecule has 35 heavy (non-hydrogen) atoms. The number of nitrogens with zero attached hydrogens (tertiary/aromatic N) is 1. The zero-order valence-corrected chi connectivity index (χ0v) is 23.2. The van der Waals surface area contributed by atoms with Gasteiger partial charge in [-0.15, -0.1) is 0 Å². The molecule has 0 spiro atoms. The first-order valence-electron chi connectivity index (χ1n) is 11.8. The van der Waals surface area contributed by atoms with E-state index in [0.717, 1.165) is 27.6 Å². The summed E-state index contributed by atoms with van der Waals surface area (Å²) in [6.07, 6.45) is 5.61. The fourth-order valence-corrected chi connectivity index (χ4v) is 7.39. The number of halogens is 1. The first-order valence-corrected chi connectivity index (χ1v) is 14.4. The van der Waals surface area contributed by atoms with Gasteiger partial charge >= 0.3 is 0 Å². The Morgan fingerprint density at radius 1 is 0.943 bits per heavy atom. The van der Waals surface area contributed by atoms with Crippen LogP contribution in [0.1, 0.15) is 48.5 Å². The second-order valence-corrected chi connectivity index (χ2v) is 13.3. The number of aromatic nitrogens is 1. The lowest BCUT2D eigenvalue weighted by atomic mass is 9.84. The highest BCUT2D eigenvalue weighted by Gasteiger charge is 2.33. The van der Waals surface area contributed by atoms with Crippen molar-refractivity contribution in [2.24, 2.45) is 5.41 Å². The van der Waals surface area contributed by atoms with Crippen molar-refractivity contribution in [3.05, 3.63) is 108 Å². The number of Topliss-reactive ketones (excluding diaryl/α,β-unsaturated/α-hetero) is 1. The molecule has 1 aliphatic rings. The summed E-state index contributed by atoms with van der Waals surface area (Å²) in [6, 6.07) is 27.4. The lowest BCUT2D eigenvalue weighted by Crippen LogP contribution is -2.47. The molecule has 0 amide bonds. The number of ketones is 1. The summed E-state index contributed by atoms with van der Waals surface area (Å²) in [4.78, 5) is 17.6. The number of rotatable bonds is 5. The molecule has 5 heteroatoms. The maximum atomic E-state index is 12.9. The van der Waals surface area contributed by atoms with Crippen molar-refractivity contribution < 1.29 is 9.22 Å². The minimum absolute atomic E-state index is 0.122. The van der Waals surface area contributed by atoms with Crippen molar-refractivity contribution in [2.75, 3.05) is 0 Å². The molecule has 0 fully saturated rings. The highest BCUT2D eigenvalue weighted by Crippen LogP contribution is 2.38. The van der Waals surface area contributed by atoms with Gasteiger partial charge in [-0.25, -0.2) is 0 Å². The Morgan fingerprint density at radius 2 is 1.57 bits per heavy atom. The van der Waals surface area contributed by atoms with Crippen molar-refractivity contribution in [3.63, 3.8) is 0 Å². The Balaban J connectivity index is 1.59. The molecule has 1 aromatic heterocycles. The lowest BCUT2D eigenvalue weighted by molar-refractivity contribution is 0.0898. The van der Waals surface area contributed by atoms with Crippen LogP contribution >= 0.6 is 22.6 Å². The summed E-state index contributed by atoms with van der Waals surface area (Å²) >= 11 is 2.18. The van der Waals surface area contributed by atoms with Gasteiger partial charge in [0.2, 0.25) is 0 Å². The van der Waals surface area contributed by atoms with Gasteiger partial charge in [-0.1, -0.05) is 122 Å². The van der Waals surface area contributed by atoms with Gasteiger partial charge in [0.25, 0.3) is 9.04 Å². The van der Waals surface area contributed by atoms with Crippen LogP contribution in [0.4, 0.5) is 0 Å². The van der Waals surface area contributed by atoms with E-state index in [1.807, 2.05) is 30.5 Å². The van der Waals surface area contributed by atoms with Gasteiger partial charge in [-0.05, 0) is 38.9 Å². The molecule has 0 bridgehead atoms. The fraction of sp³-hybridized carbons (Fsp3) is 0.200. The average Bonchev–Trinajstić information content (AvgIpc) is 2.86. The molecule has 5 rings (SSSR count). The van der Waals surface area contributed by atoms with E-state index in [4.69, 9.17) is 4.43 Å². The summed E-state index contributed by atoms with van der Waals surface area (Å²) in [5, 5.41) is 4.37. The van der Waals surface area contributed by atoms with Crippen LogP contribution < -0.4 is 10.4 Å². The van der Waals surface area contributed by atoms with Crippen LogP contribution in [-0.4, -0.2) is 23.7 Å². The van der Waals surface area contributed by atoms with Crippen LogP contribution in [0.5, 0.6) is 0 Å². The van der Waals surface area contributed by atoms with Gasteiger partial charge in [-0.3, -0.25) is 9.78 Å². The third-order valence-corrected chi connectivity index (χ3v) is 9.43. The topological polar surface area (TPSA) is 39.2 Å². The van der Waals surface area contributed by atoms with Crippen molar-refractivity contribution >= 4 is 64.6 Å². The maximum Gasteiger partial charge on any atom is 0.283 e. The summed E-state index contributed by atoms with van der Waals surface area (Å²) in [5.74, 6) is 0.122. The number of hydrogen-bond acceptors (Lipinski definition) is 3. The molecule has 3 aromatic carbocycles. The molecule has 4 aromatic rings. The quantitative estimate of drug-likeness (QED) is 0.159. The minimum atomic E-state index is -1.49. The smallest absolute Gasteiger partial charge is 0.283 e. The van der Waals surface area contributed by atoms with Crippen LogP contribution in [0.2, 0.25) is 0 Å². The summed E-state index contributed by atoms with van der Waals surface area (Å²) in [6.45, 7) is 6.66. The van der Waals surface area contributed by atoms with Crippen molar-refractivity contribution in [3.8, 4) is 0 Å². The van der Waals surface area contributed by atoms with Crippen LogP contribution in [0.15, 0.2) is 91.1 Å². The van der Waals surface area contributed by atoms with Gasteiger partial charge in [-0.2, -0.15) is 0 Å². The standard InChI is InChI=1S/C30H27INO2Si/c1-30(2,3)29(34-35(22-10-6-4-7-11-22)23-12-8-5-9-13-23)20-14-15-24-21(18-20)19-32-26-17-16-25(31)28(33)27(24)26/h4-19,25,29H,1-3H3. The van der Waals surface area contributed by atoms with E-state index >= 15 is 0 Å². The molecule has 0 saturated carbocycles. The van der Waals surface area contributed by atoms with Gasteiger partial charge < -0.3 is 4.43 Å². The highest BCUT2D eigenvalue weighted by atomic mass is 127. The number of allylic oxidation sites excluding steroid dienone is 1. The molecular weight excluding hydrogens is 561 g/mol. The molecule has 0 N–H and O–H groups in total. The Labute approximate surface area is 222 Å². The van der Waals surface area contributed by atoms with E-state index in [2.05, 4.69) is 115 Å². The predicted molar refractivity (Wildman–Crippen MR) is 154 cm³/mol. The maximum absolute atomic E-state index is 12.9. The van der Waals surface area contributed by atoms with Crippen molar-refractivity contribution in [1.29, 1.82) is 0 Å². The van der Waals surface area contributed by atoms with E-state index in [9.17, 15) is 4.79 Å². The van der Waals surface area contributed by atoms with Gasteiger partial charge in [0.05, 0.1) is 21.3 Å². The SMILES string of the molecule is CC(C)(C)C(O[Si](c1ccccc1)c1ccccc1)c1ccc2c3c(ncc2c1)C=CC(I)C3=O. The van der Waals surface area contributed by atoms with Crippen LogP contribution in [0.3, 0.4) is 0 Å². The average molecular weight is 589 g/mol. The molecule has 2 atom stereocenters. The second kappa shape index (κ2) is 9.80. The molecule has 1 radical (unpaired) electrons. The Hall–Kier alpha value is -2.61. The van der Waals surface area contributed by atoms with E-state index in [1.165, 1.54) is 10.4 Å². The molecule has 3 nitrogen and oxygen atoms in total. The highest BCUT2D eigenvalue weighted by molar-refractivity contribution is 14.1. The number of alkyl halides is 1. The molecule has 0 saturated heterocycles. The Morgan fingerprint density at radius 3 is 2.17 bits per heavy atom. The largest absolute Gasteiger partial charge is 0.400 e. The molecule has 0 aliphatic heterocycles. The van der Waals surface area contributed by atoms with Crippen LogP contribution in [-0.2, 0) is 4.43 Å². The van der Waals surface area contributed by atoms with Crippen LogP contribution in [0, 0.1) is 5.41 Å². The number of hydrogen-bond donors (Lipinski definition) is 0. The van der Waals surface area contributed by atoms with Crippen molar-refractivity contribution in [1.82, 2.24) is 4.98 Å². The predicted octanol–water partition coefficient (Wildman–Crippen LogP) is 6.16. The number of carbonyl (C=O) groups is 1. The number of fused-ring (bicyclic) bond motifs is 3. The van der Waals surface area contributed by atoms with Crippen LogP contribution in [0.25, 0.3) is 16.8 Å². The van der Waals surface area contributed by atoms with Gasteiger partial charge in [0.15, 0.2) is 5.78 Å². The first kappa shape index (κ1) is 24.1. The number of carbonyl (C=O) groups excluding carboxylic acids is 1. The summed E-state index contributed by atoms with van der Waals surface area (Å²) in [7, 11) is -1.49. The molecular formula is C30H27INO2Si. The van der Waals surface area contributed by atoms with Gasteiger partial charge in [0, 0.05) is 11.6 Å². The zero-order valence-electron chi connectivity index (χ0n) is 20.0. The van der Waals surface area contributed by atoms with E-state index < -0.39 is 9.04 Å². The number of benzene rings is 3. The first-order chi connectivity index (χ1) is 16.8. The summed E-state index contributed by atoms with van der Waals surface area (Å²) in [5.41, 5.74) is 2.44. The van der Waals surface area contributed by atoms with E-state index in [1.54, 1.807) is 0 Å². The third kappa shape index (κ3) is 4.90. The molecule has 175 valence electrons. The molecule has 1 heterocycles. The van der Waals surface area contributed by atoms with Crippen molar-refractivity contribution in [2.45, 2.75) is 30.8 Å². The van der Waals surface area contributed by atoms with E-state index in [-0.39, 0.29) is 21.2 Å². The number of pyridine rings is 1. The lowest BCUT2D eigenvalue weighted by Gasteiger charge is -2.34. The zero-order chi connectivity index (χ0) is 24.6. The Bertz CT molecular complexity index is 1360. The summed E-state index contributed by atoms with van der Waals surface area (Å²) < 4.78 is 6.92. The minimum Gasteiger partial charge on any atom is -0.400 e. The molecule has 1 aliphatic carbocycles. The fourth-order valence-electron chi connectivity index (χ4n) is 4.55. The van der Waals surface area contributed by atoms with Gasteiger partial charge in [0.1, 0.15) is 0 Å². The Kier molecular flexibility index (Phi) is 6.75. The third-order valence-electron chi connectivity index (χ3n) is 6.26. The molecule has 2 unspecified atom stereocenters. The monoisotopic (exact) mass is 588 g/mol.